The zero-order chi connectivity index (χ0) is 39.2. The highest BCUT2D eigenvalue weighted by Crippen LogP contribution is 2.38. The number of nitrogens with one attached hydrogen (secondary N) is 4. The van der Waals surface area contributed by atoms with Crippen LogP contribution in [0.5, 0.6) is 11.5 Å². The Labute approximate surface area is 330 Å². The third-order valence-electron chi connectivity index (χ3n) is 9.54. The molecule has 0 bridgehead atoms. The number of carbonyl (C=O) groups excluding carboxylic acids is 4. The van der Waals surface area contributed by atoms with E-state index in [0.29, 0.717) is 76.3 Å². The van der Waals surface area contributed by atoms with Gasteiger partial charge < -0.3 is 50.4 Å². The van der Waals surface area contributed by atoms with Gasteiger partial charge in [0.2, 0.25) is 11.8 Å². The van der Waals surface area contributed by atoms with Crippen LogP contribution in [0.15, 0.2) is 35.4 Å². The van der Waals surface area contributed by atoms with E-state index in [-0.39, 0.29) is 76.9 Å². The van der Waals surface area contributed by atoms with Gasteiger partial charge in [0.1, 0.15) is 29.3 Å². The minimum Gasteiger partial charge on any atom is -0.507 e. The van der Waals surface area contributed by atoms with Crippen molar-refractivity contribution in [3.8, 4) is 11.5 Å². The molecule has 6 atom stereocenters. The first-order chi connectivity index (χ1) is 26.6. The van der Waals surface area contributed by atoms with Crippen LogP contribution < -0.4 is 21.3 Å². The zero-order valence-corrected chi connectivity index (χ0v) is 32.6. The number of amides is 4. The van der Waals surface area contributed by atoms with Crippen LogP contribution in [0.2, 0.25) is 5.02 Å². The fraction of sp³-hybridized carbons (Fsp3) is 0.605. The van der Waals surface area contributed by atoms with Crippen molar-refractivity contribution in [3.05, 3.63) is 46.5 Å². The molecule has 0 radical (unpaired) electrons. The average Bonchev–Trinajstić information content (AvgIpc) is 3.60. The van der Waals surface area contributed by atoms with E-state index in [9.17, 15) is 29.4 Å². The summed E-state index contributed by atoms with van der Waals surface area (Å²) < 4.78 is 22.3. The van der Waals surface area contributed by atoms with Gasteiger partial charge in [0.25, 0.3) is 0 Å². The van der Waals surface area contributed by atoms with Gasteiger partial charge in [0.05, 0.1) is 49.6 Å². The number of cyclic esters (lactones) is 1. The Morgan fingerprint density at radius 2 is 1.73 bits per heavy atom. The maximum absolute atomic E-state index is 13.1. The maximum Gasteiger partial charge on any atom is 0.342 e. The number of rotatable bonds is 18. The van der Waals surface area contributed by atoms with Gasteiger partial charge in [-0.15, -0.1) is 0 Å². The minimum absolute atomic E-state index is 0.0000438. The van der Waals surface area contributed by atoms with Gasteiger partial charge >= 0.3 is 12.0 Å². The van der Waals surface area contributed by atoms with E-state index in [1.165, 1.54) is 0 Å². The van der Waals surface area contributed by atoms with Crippen LogP contribution in [0.4, 0.5) is 4.79 Å². The number of halogens is 1. The van der Waals surface area contributed by atoms with Gasteiger partial charge in [-0.3, -0.25) is 14.6 Å². The highest BCUT2D eigenvalue weighted by Gasteiger charge is 2.42. The fourth-order valence-corrected chi connectivity index (χ4v) is 8.42. The third-order valence-corrected chi connectivity index (χ3v) is 11.5. The number of aliphatic imine (C=N–C) groups is 1. The quantitative estimate of drug-likeness (QED) is 0.0549. The molecule has 0 unspecified atom stereocenters. The molecule has 4 aliphatic heterocycles. The number of phenolic OH excluding ortho intramolecular Hbond substituents is 2. The molecule has 5 rings (SSSR count). The molecule has 302 valence electrons. The summed E-state index contributed by atoms with van der Waals surface area (Å²) in [4.78, 5) is 53.8. The molecule has 0 aliphatic carbocycles. The summed E-state index contributed by atoms with van der Waals surface area (Å²) in [6.45, 7) is 4.24. The monoisotopic (exact) mass is 805 g/mol. The summed E-state index contributed by atoms with van der Waals surface area (Å²) in [6, 6.07) is 1.35. The molecule has 3 saturated heterocycles. The second-order valence-electron chi connectivity index (χ2n) is 13.9. The smallest absolute Gasteiger partial charge is 0.342 e. The van der Waals surface area contributed by atoms with E-state index in [1.54, 1.807) is 19.1 Å². The molecular weight excluding hydrogens is 754 g/mol. The fourth-order valence-electron chi connectivity index (χ4n) is 6.66. The van der Waals surface area contributed by atoms with Gasteiger partial charge in [-0.1, -0.05) is 36.2 Å². The number of aromatic hydroxyl groups is 2. The normalized spacial score (nSPS) is 26.4. The number of epoxide rings is 1. The van der Waals surface area contributed by atoms with Gasteiger partial charge in [-0.2, -0.15) is 11.8 Å². The minimum atomic E-state index is -0.764. The van der Waals surface area contributed by atoms with Crippen molar-refractivity contribution in [1.82, 2.24) is 21.3 Å². The molecule has 17 heteroatoms. The van der Waals surface area contributed by atoms with Crippen LogP contribution in [0.3, 0.4) is 0 Å². The molecule has 4 amide bonds. The molecule has 0 saturated carbocycles. The number of phenols is 2. The second-order valence-corrected chi connectivity index (χ2v) is 15.5. The summed E-state index contributed by atoms with van der Waals surface area (Å²) >= 11 is 8.30. The summed E-state index contributed by atoms with van der Waals surface area (Å²) in [5.41, 5.74) is 0.571. The number of unbranched alkanes of at least 4 members (excludes halogenated alkanes) is 1. The number of ether oxygens (including phenoxy) is 4. The standard InChI is InChI=1S/C38H52ClN5O10S/c1-23-19-30-29(54-30)8-3-2-7-24(20-25-34(37(49)53-23)27(45)21-28(46)35(25)39)40-12-6-11-33(48)42-14-16-52-18-17-51-15-13-41-32(47)10-5-4-9-31-36-26(22-55-31)43-38(50)44-36/h2-3,7-8,21,23,26,29-31,36,45-46H,4-6,9-20,22H2,1H3,(H,41,47)(H,42,48)(H2,43,44,50)/b7-2+,8-3-,40-24?/t23-,26+,29-,30-,31+,36+/m1/s1. The van der Waals surface area contributed by atoms with Crippen LogP contribution in [0.1, 0.15) is 67.8 Å². The molecule has 0 aromatic heterocycles. The molecule has 0 spiro atoms. The predicted molar refractivity (Wildman–Crippen MR) is 208 cm³/mol. The van der Waals surface area contributed by atoms with Crippen molar-refractivity contribution in [2.75, 3.05) is 51.8 Å². The number of hydrogen-bond donors (Lipinski definition) is 6. The largest absolute Gasteiger partial charge is 0.507 e. The van der Waals surface area contributed by atoms with E-state index in [2.05, 4.69) is 26.3 Å². The van der Waals surface area contributed by atoms with Gasteiger partial charge in [0.15, 0.2) is 0 Å². The number of fused-ring (bicyclic) bond motifs is 3. The molecule has 4 aliphatic rings. The number of carbonyl (C=O) groups is 4. The Morgan fingerprint density at radius 3 is 2.47 bits per heavy atom. The summed E-state index contributed by atoms with van der Waals surface area (Å²) in [5, 5.41) is 32.9. The molecule has 55 heavy (non-hydrogen) atoms. The molecule has 1 aromatic carbocycles. The summed E-state index contributed by atoms with van der Waals surface area (Å²) in [6.07, 6.45) is 11.1. The van der Waals surface area contributed by atoms with E-state index in [0.717, 1.165) is 31.1 Å². The highest BCUT2D eigenvalue weighted by molar-refractivity contribution is 8.00. The Balaban J connectivity index is 0.920. The first-order valence-corrected chi connectivity index (χ1v) is 20.4. The van der Waals surface area contributed by atoms with Gasteiger partial charge in [-0.25, -0.2) is 9.59 Å². The first kappa shape index (κ1) is 42.3. The molecule has 3 fully saturated rings. The third kappa shape index (κ3) is 13.4. The Morgan fingerprint density at radius 1 is 1.00 bits per heavy atom. The SMILES string of the molecule is C[C@@H]1C[C@H]2O[C@@H]2/C=C\C=C\C(=NCCCC(=O)NCCOCCOCCNC(=O)CCCC[C@@H]2SC[C@@H]3NC(=O)N[C@@H]32)Cc2c(Cl)c(O)cc(O)c2C(=O)O1. The Hall–Kier alpha value is -3.83. The number of hydrogen-bond acceptors (Lipinski definition) is 12. The number of esters is 1. The zero-order valence-electron chi connectivity index (χ0n) is 31.1. The Kier molecular flexibility index (Phi) is 16.5. The number of thioether (sulfide) groups is 1. The second kappa shape index (κ2) is 21.5. The van der Waals surface area contributed by atoms with Crippen molar-refractivity contribution < 1.29 is 48.3 Å². The van der Waals surface area contributed by atoms with Crippen LogP contribution in [0.25, 0.3) is 0 Å². The van der Waals surface area contributed by atoms with Crippen LogP contribution in [0, 0.1) is 0 Å². The molecule has 6 N–H and O–H groups in total. The lowest BCUT2D eigenvalue weighted by molar-refractivity contribution is -0.122. The number of allylic oxidation sites excluding steroid dienone is 3. The van der Waals surface area contributed by atoms with E-state index >= 15 is 0 Å². The van der Waals surface area contributed by atoms with Crippen LogP contribution in [-0.2, 0) is 35.0 Å². The van der Waals surface area contributed by atoms with Crippen molar-refractivity contribution in [3.63, 3.8) is 0 Å². The van der Waals surface area contributed by atoms with Crippen molar-refractivity contribution >= 4 is 52.9 Å². The topological polar surface area (TPSA) is 209 Å². The summed E-state index contributed by atoms with van der Waals surface area (Å²) in [7, 11) is 0. The Bertz CT molecular complexity index is 1610. The van der Waals surface area contributed by atoms with Gasteiger partial charge in [-0.05, 0) is 37.8 Å². The lowest BCUT2D eigenvalue weighted by Gasteiger charge is -2.17. The van der Waals surface area contributed by atoms with Crippen molar-refractivity contribution in [2.45, 2.75) is 93.9 Å². The lowest BCUT2D eigenvalue weighted by atomic mass is 9.99. The van der Waals surface area contributed by atoms with Crippen LogP contribution in [-0.4, -0.2) is 127 Å². The van der Waals surface area contributed by atoms with E-state index in [4.69, 9.17) is 30.5 Å². The number of urea groups is 1. The van der Waals surface area contributed by atoms with E-state index in [1.807, 2.05) is 23.9 Å². The maximum atomic E-state index is 13.1. The molecular formula is C38H52ClN5O10S. The van der Waals surface area contributed by atoms with E-state index < -0.39 is 17.8 Å². The molecule has 1 aromatic rings. The van der Waals surface area contributed by atoms with Gasteiger partial charge in [0, 0.05) is 68.1 Å². The average molecular weight is 806 g/mol. The highest BCUT2D eigenvalue weighted by atomic mass is 35.5. The molecule has 15 nitrogen and oxygen atoms in total. The lowest BCUT2D eigenvalue weighted by Crippen LogP contribution is -2.36. The van der Waals surface area contributed by atoms with Crippen molar-refractivity contribution in [2.24, 2.45) is 4.99 Å². The van der Waals surface area contributed by atoms with Crippen molar-refractivity contribution in [1.29, 1.82) is 0 Å². The number of benzene rings is 1. The first-order valence-electron chi connectivity index (χ1n) is 18.9. The predicted octanol–water partition coefficient (Wildman–Crippen LogP) is 3.34. The molecule has 4 heterocycles. The van der Waals surface area contributed by atoms with Crippen LogP contribution >= 0.6 is 23.4 Å². The summed E-state index contributed by atoms with van der Waals surface area (Å²) in [5.74, 6) is -0.798. The number of nitrogens with zero attached hydrogens (tertiary/aromatic N) is 1.